The van der Waals surface area contributed by atoms with Gasteiger partial charge >= 0.3 is 11.8 Å². The second-order valence-corrected chi connectivity index (χ2v) is 4.86. The van der Waals surface area contributed by atoms with Crippen LogP contribution in [-0.4, -0.2) is 36.9 Å². The number of benzene rings is 1. The lowest BCUT2D eigenvalue weighted by Gasteiger charge is -2.19. The summed E-state index contributed by atoms with van der Waals surface area (Å²) >= 11 is 0. The van der Waals surface area contributed by atoms with Crippen LogP contribution in [0, 0.1) is 0 Å². The highest BCUT2D eigenvalue weighted by Crippen LogP contribution is 2.23. The smallest absolute Gasteiger partial charge is 0.314 e. The third kappa shape index (κ3) is 3.50. The molecule has 1 heterocycles. The van der Waals surface area contributed by atoms with Gasteiger partial charge in [0.1, 0.15) is 5.75 Å². The summed E-state index contributed by atoms with van der Waals surface area (Å²) in [6.07, 6.45) is 4.18. The van der Waals surface area contributed by atoms with Gasteiger partial charge in [0.15, 0.2) is 0 Å². The van der Waals surface area contributed by atoms with Crippen LogP contribution in [0.15, 0.2) is 24.3 Å². The van der Waals surface area contributed by atoms with Crippen LogP contribution in [0.25, 0.3) is 0 Å². The Kier molecular flexibility index (Phi) is 4.98. The van der Waals surface area contributed by atoms with Crippen LogP contribution in [0.3, 0.4) is 0 Å². The Bertz CT molecular complexity index is 480. The molecular weight excluding hydrogens is 256 g/mol. The summed E-state index contributed by atoms with van der Waals surface area (Å²) in [6.45, 7) is 1.33. The topological polar surface area (TPSA) is 58.6 Å². The quantitative estimate of drug-likeness (QED) is 0.841. The molecule has 0 spiro atoms. The van der Waals surface area contributed by atoms with E-state index in [1.807, 2.05) is 6.07 Å². The molecule has 1 aliphatic heterocycles. The SMILES string of the molecule is COc1ccccc1NC(=O)C(=O)N1CCCCCC1. The molecule has 1 aromatic rings. The van der Waals surface area contributed by atoms with Crippen LogP contribution in [0.5, 0.6) is 5.75 Å². The number of hydrogen-bond acceptors (Lipinski definition) is 3. The van der Waals surface area contributed by atoms with Gasteiger partial charge in [-0.25, -0.2) is 0 Å². The molecule has 1 aliphatic rings. The second kappa shape index (κ2) is 6.93. The summed E-state index contributed by atoms with van der Waals surface area (Å²) in [5.41, 5.74) is 0.517. The number of carbonyl (C=O) groups excluding carboxylic acids is 2. The van der Waals surface area contributed by atoms with E-state index < -0.39 is 11.8 Å². The average molecular weight is 276 g/mol. The maximum atomic E-state index is 12.1. The first-order valence-electron chi connectivity index (χ1n) is 6.95. The van der Waals surface area contributed by atoms with Gasteiger partial charge in [-0.1, -0.05) is 25.0 Å². The van der Waals surface area contributed by atoms with Crippen molar-refractivity contribution in [2.45, 2.75) is 25.7 Å². The summed E-state index contributed by atoms with van der Waals surface area (Å²) in [5.74, 6) is -0.515. The fourth-order valence-electron chi connectivity index (χ4n) is 2.34. The first-order chi connectivity index (χ1) is 9.72. The minimum absolute atomic E-state index is 0.460. The number of amides is 2. The summed E-state index contributed by atoms with van der Waals surface area (Å²) < 4.78 is 5.15. The fraction of sp³-hybridized carbons (Fsp3) is 0.467. The maximum absolute atomic E-state index is 12.1. The zero-order chi connectivity index (χ0) is 14.4. The van der Waals surface area contributed by atoms with E-state index in [-0.39, 0.29) is 0 Å². The van der Waals surface area contributed by atoms with Crippen molar-refractivity contribution in [3.63, 3.8) is 0 Å². The van der Waals surface area contributed by atoms with E-state index >= 15 is 0 Å². The highest BCUT2D eigenvalue weighted by molar-refractivity contribution is 6.39. The van der Waals surface area contributed by atoms with Gasteiger partial charge in [-0.15, -0.1) is 0 Å². The summed E-state index contributed by atoms with van der Waals surface area (Å²) in [4.78, 5) is 25.8. The number of nitrogens with zero attached hydrogens (tertiary/aromatic N) is 1. The Hall–Kier alpha value is -2.04. The average Bonchev–Trinajstić information content (AvgIpc) is 2.76. The van der Waals surface area contributed by atoms with E-state index in [0.717, 1.165) is 25.7 Å². The molecule has 0 unspecified atom stereocenters. The Morgan fingerprint density at radius 1 is 1.10 bits per heavy atom. The number of hydrogen-bond donors (Lipinski definition) is 1. The third-order valence-corrected chi connectivity index (χ3v) is 3.44. The van der Waals surface area contributed by atoms with E-state index in [4.69, 9.17) is 4.74 Å². The number of rotatable bonds is 2. The number of carbonyl (C=O) groups is 2. The molecule has 0 aromatic heterocycles. The monoisotopic (exact) mass is 276 g/mol. The lowest BCUT2D eigenvalue weighted by molar-refractivity contribution is -0.143. The lowest BCUT2D eigenvalue weighted by Crippen LogP contribution is -2.40. The molecule has 0 atom stereocenters. The van der Waals surface area contributed by atoms with Gasteiger partial charge in [0.05, 0.1) is 12.8 Å². The molecule has 0 bridgehead atoms. The minimum Gasteiger partial charge on any atom is -0.495 e. The minimum atomic E-state index is -0.601. The van der Waals surface area contributed by atoms with Crippen molar-refractivity contribution >= 4 is 17.5 Å². The van der Waals surface area contributed by atoms with Crippen molar-refractivity contribution < 1.29 is 14.3 Å². The predicted octanol–water partition coefficient (Wildman–Crippen LogP) is 2.04. The number of anilines is 1. The molecule has 1 N–H and O–H groups in total. The van der Waals surface area contributed by atoms with Crippen molar-refractivity contribution in [3.8, 4) is 5.75 Å². The van der Waals surface area contributed by atoms with Crippen molar-refractivity contribution in [2.24, 2.45) is 0 Å². The van der Waals surface area contributed by atoms with Crippen molar-refractivity contribution in [1.82, 2.24) is 4.90 Å². The summed E-state index contributed by atoms with van der Waals surface area (Å²) in [7, 11) is 1.53. The molecule has 0 aliphatic carbocycles. The molecule has 1 fully saturated rings. The Labute approximate surface area is 118 Å². The van der Waals surface area contributed by atoms with Crippen LogP contribution in [0.1, 0.15) is 25.7 Å². The molecule has 5 heteroatoms. The second-order valence-electron chi connectivity index (χ2n) is 4.86. The Morgan fingerprint density at radius 2 is 1.75 bits per heavy atom. The predicted molar refractivity (Wildman–Crippen MR) is 76.7 cm³/mol. The summed E-state index contributed by atoms with van der Waals surface area (Å²) in [5, 5.41) is 2.62. The Balaban J connectivity index is 2.01. The number of para-hydroxylation sites is 2. The van der Waals surface area contributed by atoms with Crippen LogP contribution < -0.4 is 10.1 Å². The van der Waals surface area contributed by atoms with Crippen LogP contribution in [0.4, 0.5) is 5.69 Å². The number of nitrogens with one attached hydrogen (secondary N) is 1. The van der Waals surface area contributed by atoms with Crippen molar-refractivity contribution in [1.29, 1.82) is 0 Å². The molecule has 20 heavy (non-hydrogen) atoms. The van der Waals surface area contributed by atoms with E-state index in [9.17, 15) is 9.59 Å². The summed E-state index contributed by atoms with van der Waals surface area (Å²) in [6, 6.07) is 7.05. The van der Waals surface area contributed by atoms with Gasteiger partial charge in [0.2, 0.25) is 0 Å². The van der Waals surface area contributed by atoms with Crippen LogP contribution >= 0.6 is 0 Å². The van der Waals surface area contributed by atoms with Gasteiger partial charge in [0.25, 0.3) is 0 Å². The highest BCUT2D eigenvalue weighted by Gasteiger charge is 2.23. The number of likely N-dealkylation sites (tertiary alicyclic amines) is 1. The highest BCUT2D eigenvalue weighted by atomic mass is 16.5. The normalized spacial score (nSPS) is 15.3. The maximum Gasteiger partial charge on any atom is 0.314 e. The molecule has 1 aromatic carbocycles. The first kappa shape index (κ1) is 14.4. The van der Waals surface area contributed by atoms with Gasteiger partial charge < -0.3 is 15.0 Å². The van der Waals surface area contributed by atoms with Gasteiger partial charge in [-0.3, -0.25) is 9.59 Å². The number of methoxy groups -OCH3 is 1. The van der Waals surface area contributed by atoms with E-state index in [1.54, 1.807) is 23.1 Å². The van der Waals surface area contributed by atoms with E-state index in [2.05, 4.69) is 5.32 Å². The molecule has 5 nitrogen and oxygen atoms in total. The van der Waals surface area contributed by atoms with E-state index in [1.165, 1.54) is 7.11 Å². The molecule has 2 amide bonds. The van der Waals surface area contributed by atoms with Crippen molar-refractivity contribution in [2.75, 3.05) is 25.5 Å². The molecule has 0 radical (unpaired) electrons. The first-order valence-corrected chi connectivity index (χ1v) is 6.95. The molecule has 2 rings (SSSR count). The molecule has 1 saturated heterocycles. The zero-order valence-electron chi connectivity index (χ0n) is 11.7. The van der Waals surface area contributed by atoms with Crippen molar-refractivity contribution in [3.05, 3.63) is 24.3 Å². The van der Waals surface area contributed by atoms with Gasteiger partial charge in [0, 0.05) is 13.1 Å². The molecular formula is C15H20N2O3. The Morgan fingerprint density at radius 3 is 2.40 bits per heavy atom. The third-order valence-electron chi connectivity index (χ3n) is 3.44. The fourth-order valence-corrected chi connectivity index (χ4v) is 2.34. The lowest BCUT2D eigenvalue weighted by atomic mass is 10.2. The van der Waals surface area contributed by atoms with Gasteiger partial charge in [-0.2, -0.15) is 0 Å². The van der Waals surface area contributed by atoms with E-state index in [0.29, 0.717) is 24.5 Å². The zero-order valence-corrected chi connectivity index (χ0v) is 11.7. The van der Waals surface area contributed by atoms with Gasteiger partial charge in [-0.05, 0) is 25.0 Å². The molecule has 108 valence electrons. The van der Waals surface area contributed by atoms with Crippen LogP contribution in [-0.2, 0) is 9.59 Å². The standard InChI is InChI=1S/C15H20N2O3/c1-20-13-9-5-4-8-12(13)16-14(18)15(19)17-10-6-2-3-7-11-17/h4-5,8-9H,2-3,6-7,10-11H2,1H3,(H,16,18). The number of ether oxygens (including phenoxy) is 1. The largest absolute Gasteiger partial charge is 0.495 e. The van der Waals surface area contributed by atoms with Crippen LogP contribution in [0.2, 0.25) is 0 Å². The molecule has 0 saturated carbocycles.